The van der Waals surface area contributed by atoms with Gasteiger partial charge in [-0.1, -0.05) is 0 Å². The molecule has 1 aliphatic rings. The first-order valence-corrected chi connectivity index (χ1v) is 7.56. The van der Waals surface area contributed by atoms with Crippen LogP contribution in [0, 0.1) is 0 Å². The van der Waals surface area contributed by atoms with Gasteiger partial charge in [-0.2, -0.15) is 0 Å². The van der Waals surface area contributed by atoms with Crippen LogP contribution in [0.25, 0.3) is 0 Å². The van der Waals surface area contributed by atoms with Gasteiger partial charge < -0.3 is 4.74 Å². The van der Waals surface area contributed by atoms with E-state index in [0.717, 1.165) is 3.94 Å². The molecule has 4 nitrogen and oxygen atoms in total. The molecular weight excluding hydrogens is 273 g/mol. The summed E-state index contributed by atoms with van der Waals surface area (Å²) in [4.78, 5) is 0. The second-order valence-electron chi connectivity index (χ2n) is 4.65. The summed E-state index contributed by atoms with van der Waals surface area (Å²) in [6, 6.07) is 0. The number of hydrogen-bond donors (Lipinski definition) is 0. The summed E-state index contributed by atoms with van der Waals surface area (Å²) in [7, 11) is -3.10. The molecule has 0 aromatic carbocycles. The van der Waals surface area contributed by atoms with E-state index < -0.39 is 15.4 Å². The minimum absolute atomic E-state index is 0.0873. The van der Waals surface area contributed by atoms with E-state index in [1.807, 2.05) is 0 Å². The van der Waals surface area contributed by atoms with Crippen molar-refractivity contribution in [1.29, 1.82) is 0 Å². The van der Waals surface area contributed by atoms with Crippen LogP contribution in [-0.4, -0.2) is 42.1 Å². The number of nitrogens with zero attached hydrogens (tertiary/aromatic N) is 1. The second-order valence-corrected chi connectivity index (χ2v) is 7.90. The van der Waals surface area contributed by atoms with E-state index in [0.29, 0.717) is 26.1 Å². The molecule has 0 aromatic rings. The van der Waals surface area contributed by atoms with Crippen LogP contribution < -0.4 is 0 Å². The molecule has 0 aliphatic carbocycles. The standard InChI is InChI=1S/C9H17Cl2NO3S/c1-9(2,12(10)11)4-6-16(13,14)8-3-5-15-7-8/h8H,3-7H2,1-2H3. The van der Waals surface area contributed by atoms with Gasteiger partial charge in [-0.25, -0.2) is 8.42 Å². The van der Waals surface area contributed by atoms with Crippen LogP contribution in [0.4, 0.5) is 0 Å². The molecule has 16 heavy (non-hydrogen) atoms. The van der Waals surface area contributed by atoms with E-state index in [4.69, 9.17) is 28.3 Å². The summed E-state index contributed by atoms with van der Waals surface area (Å²) in [5.74, 6) is 0.0873. The van der Waals surface area contributed by atoms with Crippen LogP contribution in [-0.2, 0) is 14.6 Å². The van der Waals surface area contributed by atoms with E-state index in [1.54, 1.807) is 13.8 Å². The average molecular weight is 290 g/mol. The monoisotopic (exact) mass is 289 g/mol. The van der Waals surface area contributed by atoms with E-state index >= 15 is 0 Å². The Bertz CT molecular complexity index is 324. The maximum absolute atomic E-state index is 11.9. The lowest BCUT2D eigenvalue weighted by atomic mass is 10.0. The smallest absolute Gasteiger partial charge is 0.155 e. The SMILES string of the molecule is CC(C)(CCS(=O)(=O)C1CCOC1)N(Cl)Cl. The van der Waals surface area contributed by atoms with Gasteiger partial charge in [0, 0.05) is 12.1 Å². The fourth-order valence-corrected chi connectivity index (χ4v) is 3.48. The van der Waals surface area contributed by atoms with Crippen molar-refractivity contribution in [2.24, 2.45) is 0 Å². The molecule has 1 saturated heterocycles. The summed E-state index contributed by atoms with van der Waals surface area (Å²) in [6.07, 6.45) is 0.993. The van der Waals surface area contributed by atoms with Crippen molar-refractivity contribution in [1.82, 2.24) is 3.94 Å². The molecular formula is C9H17Cl2NO3S. The molecule has 1 unspecified atom stereocenters. The lowest BCUT2D eigenvalue weighted by molar-refractivity contribution is 0.198. The van der Waals surface area contributed by atoms with Gasteiger partial charge >= 0.3 is 0 Å². The zero-order chi connectivity index (χ0) is 12.4. The summed E-state index contributed by atoms with van der Waals surface area (Å²) in [5, 5.41) is -0.359. The fraction of sp³-hybridized carbons (Fsp3) is 1.00. The zero-order valence-electron chi connectivity index (χ0n) is 9.45. The predicted molar refractivity (Wildman–Crippen MR) is 65.3 cm³/mol. The molecule has 0 spiro atoms. The van der Waals surface area contributed by atoms with Crippen molar-refractivity contribution < 1.29 is 13.2 Å². The highest BCUT2D eigenvalue weighted by molar-refractivity contribution is 7.92. The number of rotatable bonds is 5. The Morgan fingerprint density at radius 2 is 2.06 bits per heavy atom. The molecule has 1 aliphatic heterocycles. The summed E-state index contributed by atoms with van der Waals surface area (Å²) < 4.78 is 29.9. The van der Waals surface area contributed by atoms with Crippen molar-refractivity contribution in [2.45, 2.75) is 37.5 Å². The Hall–Kier alpha value is 0.450. The maximum atomic E-state index is 11.9. The van der Waals surface area contributed by atoms with Crippen molar-refractivity contribution in [3.8, 4) is 0 Å². The first-order chi connectivity index (χ1) is 7.26. The van der Waals surface area contributed by atoms with E-state index in [-0.39, 0.29) is 11.0 Å². The predicted octanol–water partition coefficient (Wildman–Crippen LogP) is 1.97. The molecule has 0 amide bonds. The Labute approximate surface area is 107 Å². The quantitative estimate of drug-likeness (QED) is 0.726. The van der Waals surface area contributed by atoms with Crippen LogP contribution in [0.15, 0.2) is 0 Å². The highest BCUT2D eigenvalue weighted by Gasteiger charge is 2.33. The topological polar surface area (TPSA) is 46.6 Å². The van der Waals surface area contributed by atoms with Crippen molar-refractivity contribution in [2.75, 3.05) is 19.0 Å². The first-order valence-electron chi connectivity index (χ1n) is 5.17. The van der Waals surface area contributed by atoms with Crippen LogP contribution in [0.2, 0.25) is 0 Å². The maximum Gasteiger partial charge on any atom is 0.155 e. The Kier molecular flexibility index (Phi) is 4.89. The van der Waals surface area contributed by atoms with Gasteiger partial charge in [-0.05, 0) is 50.2 Å². The third kappa shape index (κ3) is 3.74. The fourth-order valence-electron chi connectivity index (χ4n) is 1.44. The first kappa shape index (κ1) is 14.5. The minimum atomic E-state index is -3.10. The van der Waals surface area contributed by atoms with Crippen LogP contribution in [0.5, 0.6) is 0 Å². The molecule has 7 heteroatoms. The normalized spacial score (nSPS) is 22.9. The van der Waals surface area contributed by atoms with Crippen molar-refractivity contribution >= 4 is 33.4 Å². The molecule has 96 valence electrons. The molecule has 0 aromatic heterocycles. The molecule has 0 saturated carbocycles. The third-order valence-electron chi connectivity index (χ3n) is 2.85. The van der Waals surface area contributed by atoms with Gasteiger partial charge in [-0.15, -0.1) is 3.94 Å². The Morgan fingerprint density at radius 1 is 1.44 bits per heavy atom. The highest BCUT2D eigenvalue weighted by atomic mass is 35.5. The molecule has 0 N–H and O–H groups in total. The zero-order valence-corrected chi connectivity index (χ0v) is 11.8. The molecule has 1 atom stereocenters. The van der Waals surface area contributed by atoms with E-state index in [9.17, 15) is 8.42 Å². The molecule has 0 radical (unpaired) electrons. The van der Waals surface area contributed by atoms with Gasteiger partial charge in [0.05, 0.1) is 17.6 Å². The third-order valence-corrected chi connectivity index (χ3v) is 5.93. The van der Waals surface area contributed by atoms with E-state index in [2.05, 4.69) is 0 Å². The summed E-state index contributed by atoms with van der Waals surface area (Å²) in [5.41, 5.74) is -0.546. The van der Waals surface area contributed by atoms with Gasteiger partial charge in [0.2, 0.25) is 0 Å². The van der Waals surface area contributed by atoms with Crippen molar-refractivity contribution in [3.05, 3.63) is 0 Å². The Balaban J connectivity index is 2.54. The number of hydrogen-bond acceptors (Lipinski definition) is 4. The summed E-state index contributed by atoms with van der Waals surface area (Å²) >= 11 is 11.3. The largest absolute Gasteiger partial charge is 0.380 e. The molecule has 1 fully saturated rings. The van der Waals surface area contributed by atoms with Crippen LogP contribution in [0.3, 0.4) is 0 Å². The highest BCUT2D eigenvalue weighted by Crippen LogP contribution is 2.25. The summed E-state index contributed by atoms with van der Waals surface area (Å²) in [6.45, 7) is 4.44. The van der Waals surface area contributed by atoms with Gasteiger partial charge in [0.15, 0.2) is 9.84 Å². The lowest BCUT2D eigenvalue weighted by Gasteiger charge is -2.27. The molecule has 1 heterocycles. The minimum Gasteiger partial charge on any atom is -0.380 e. The lowest BCUT2D eigenvalue weighted by Crippen LogP contribution is -2.35. The van der Waals surface area contributed by atoms with Crippen molar-refractivity contribution in [3.63, 3.8) is 0 Å². The average Bonchev–Trinajstić information content (AvgIpc) is 2.68. The van der Waals surface area contributed by atoms with Crippen LogP contribution in [0.1, 0.15) is 26.7 Å². The van der Waals surface area contributed by atoms with Crippen LogP contribution >= 0.6 is 23.6 Å². The van der Waals surface area contributed by atoms with E-state index in [1.165, 1.54) is 0 Å². The Morgan fingerprint density at radius 3 is 2.50 bits per heavy atom. The number of sulfone groups is 1. The molecule has 0 bridgehead atoms. The van der Waals surface area contributed by atoms with Gasteiger partial charge in [0.25, 0.3) is 0 Å². The number of ether oxygens (including phenoxy) is 1. The number of halogens is 2. The molecule has 1 rings (SSSR count). The van der Waals surface area contributed by atoms with Gasteiger partial charge in [0.1, 0.15) is 0 Å². The van der Waals surface area contributed by atoms with Gasteiger partial charge in [-0.3, -0.25) is 0 Å². The second kappa shape index (κ2) is 5.40.